The van der Waals surface area contributed by atoms with Crippen molar-refractivity contribution in [3.8, 4) is 0 Å². The van der Waals surface area contributed by atoms with Gasteiger partial charge in [0.15, 0.2) is 0 Å². The van der Waals surface area contributed by atoms with E-state index in [4.69, 9.17) is 5.14 Å². The van der Waals surface area contributed by atoms with Crippen molar-refractivity contribution in [2.24, 2.45) is 18.1 Å². The third kappa shape index (κ3) is 4.53. The highest BCUT2D eigenvalue weighted by Gasteiger charge is 2.26. The van der Waals surface area contributed by atoms with Crippen LogP contribution >= 0.6 is 15.9 Å². The van der Waals surface area contributed by atoms with Crippen LogP contribution in [0.5, 0.6) is 0 Å². The summed E-state index contributed by atoms with van der Waals surface area (Å²) >= 11 is 3.35. The SMILES string of the molecule is Cn1cc(Br)cc1C(=O)N1CCCC(CNS(N)(=O)=O)C1. The van der Waals surface area contributed by atoms with Crippen LogP contribution in [0.1, 0.15) is 23.3 Å². The number of likely N-dealkylation sites (tertiary alicyclic amines) is 1. The summed E-state index contributed by atoms with van der Waals surface area (Å²) in [6, 6.07) is 1.79. The van der Waals surface area contributed by atoms with E-state index in [0.717, 1.165) is 17.3 Å². The van der Waals surface area contributed by atoms with Crippen molar-refractivity contribution in [1.82, 2.24) is 14.2 Å². The summed E-state index contributed by atoms with van der Waals surface area (Å²) in [7, 11) is -1.86. The van der Waals surface area contributed by atoms with Crippen LogP contribution in [0.3, 0.4) is 0 Å². The zero-order valence-corrected chi connectivity index (χ0v) is 14.2. The topological polar surface area (TPSA) is 97.4 Å². The number of hydrogen-bond acceptors (Lipinski definition) is 3. The quantitative estimate of drug-likeness (QED) is 0.794. The number of carbonyl (C=O) groups excluding carboxylic acids is 1. The second kappa shape index (κ2) is 6.47. The van der Waals surface area contributed by atoms with Gasteiger partial charge in [-0.15, -0.1) is 0 Å². The number of nitrogens with two attached hydrogens (primary N) is 1. The monoisotopic (exact) mass is 378 g/mol. The average Bonchev–Trinajstić information content (AvgIpc) is 2.74. The summed E-state index contributed by atoms with van der Waals surface area (Å²) in [5.74, 6) is 0.0493. The van der Waals surface area contributed by atoms with Gasteiger partial charge in [-0.3, -0.25) is 4.79 Å². The molecule has 1 aromatic rings. The van der Waals surface area contributed by atoms with Gasteiger partial charge in [0.2, 0.25) is 0 Å². The van der Waals surface area contributed by atoms with Crippen LogP contribution in [0.2, 0.25) is 0 Å². The van der Waals surface area contributed by atoms with Crippen LogP contribution in [0, 0.1) is 5.92 Å². The van der Waals surface area contributed by atoms with Gasteiger partial charge in [0, 0.05) is 37.4 Å². The second-order valence-corrected chi connectivity index (χ2v) is 7.60. The van der Waals surface area contributed by atoms with Crippen LogP contribution < -0.4 is 9.86 Å². The Morgan fingerprint density at radius 2 is 2.29 bits per heavy atom. The van der Waals surface area contributed by atoms with Crippen LogP contribution in [-0.4, -0.2) is 43.4 Å². The van der Waals surface area contributed by atoms with E-state index >= 15 is 0 Å². The number of amides is 1. The third-order valence-electron chi connectivity index (χ3n) is 3.57. The highest BCUT2D eigenvalue weighted by molar-refractivity contribution is 9.10. The lowest BCUT2D eigenvalue weighted by Gasteiger charge is -2.32. The van der Waals surface area contributed by atoms with E-state index in [1.165, 1.54) is 0 Å². The third-order valence-corrected chi connectivity index (χ3v) is 4.57. The van der Waals surface area contributed by atoms with Gasteiger partial charge in [-0.1, -0.05) is 0 Å². The Labute approximate surface area is 132 Å². The molecule has 118 valence electrons. The summed E-state index contributed by atoms with van der Waals surface area (Å²) < 4.78 is 26.8. The number of piperidine rings is 1. The van der Waals surface area contributed by atoms with Crippen molar-refractivity contribution in [3.05, 3.63) is 22.4 Å². The molecule has 1 aliphatic heterocycles. The summed E-state index contributed by atoms with van der Waals surface area (Å²) in [5.41, 5.74) is 0.613. The predicted octanol–water partition coefficient (Wildman–Crippen LogP) is 0.433. The van der Waals surface area contributed by atoms with E-state index < -0.39 is 10.2 Å². The number of hydrogen-bond donors (Lipinski definition) is 2. The lowest BCUT2D eigenvalue weighted by Crippen LogP contribution is -2.45. The van der Waals surface area contributed by atoms with E-state index in [9.17, 15) is 13.2 Å². The van der Waals surface area contributed by atoms with E-state index in [-0.39, 0.29) is 18.4 Å². The molecular formula is C12H19BrN4O3S. The molecule has 1 aliphatic rings. The molecule has 0 bridgehead atoms. The zero-order chi connectivity index (χ0) is 15.6. The van der Waals surface area contributed by atoms with E-state index in [2.05, 4.69) is 20.7 Å². The van der Waals surface area contributed by atoms with Gasteiger partial charge in [-0.25, -0.2) is 9.86 Å². The van der Waals surface area contributed by atoms with Gasteiger partial charge < -0.3 is 9.47 Å². The molecule has 2 rings (SSSR count). The van der Waals surface area contributed by atoms with E-state index in [0.29, 0.717) is 18.8 Å². The van der Waals surface area contributed by atoms with Crippen molar-refractivity contribution in [3.63, 3.8) is 0 Å². The molecule has 1 aromatic heterocycles. The fourth-order valence-electron chi connectivity index (χ4n) is 2.55. The predicted molar refractivity (Wildman–Crippen MR) is 82.9 cm³/mol. The molecule has 1 saturated heterocycles. The maximum absolute atomic E-state index is 12.5. The average molecular weight is 379 g/mol. The molecule has 2 heterocycles. The van der Waals surface area contributed by atoms with Crippen molar-refractivity contribution in [2.75, 3.05) is 19.6 Å². The Hall–Kier alpha value is -0.900. The van der Waals surface area contributed by atoms with Gasteiger partial charge in [0.1, 0.15) is 5.69 Å². The Kier molecular flexibility index (Phi) is 5.07. The highest BCUT2D eigenvalue weighted by Crippen LogP contribution is 2.20. The first kappa shape index (κ1) is 16.5. The number of nitrogens with zero attached hydrogens (tertiary/aromatic N) is 2. The van der Waals surface area contributed by atoms with E-state index in [1.807, 2.05) is 13.2 Å². The summed E-state index contributed by atoms with van der Waals surface area (Å²) in [6.07, 6.45) is 3.56. The van der Waals surface area contributed by atoms with Crippen molar-refractivity contribution >= 4 is 32.0 Å². The van der Waals surface area contributed by atoms with Gasteiger partial charge in [0.25, 0.3) is 16.1 Å². The van der Waals surface area contributed by atoms with Gasteiger partial charge in [-0.05, 0) is 40.8 Å². The molecule has 1 amide bonds. The van der Waals surface area contributed by atoms with Crippen molar-refractivity contribution in [2.45, 2.75) is 12.8 Å². The molecule has 0 spiro atoms. The Balaban J connectivity index is 2.00. The first-order valence-electron chi connectivity index (χ1n) is 6.65. The van der Waals surface area contributed by atoms with Crippen LogP contribution in [0.15, 0.2) is 16.7 Å². The molecule has 9 heteroatoms. The summed E-state index contributed by atoms with van der Waals surface area (Å²) in [5, 5.41) is 4.93. The fraction of sp³-hybridized carbons (Fsp3) is 0.583. The van der Waals surface area contributed by atoms with Gasteiger partial charge in [0.05, 0.1) is 0 Å². The second-order valence-electron chi connectivity index (χ2n) is 5.31. The number of aromatic nitrogens is 1. The van der Waals surface area contributed by atoms with Crippen LogP contribution in [-0.2, 0) is 17.3 Å². The molecular weight excluding hydrogens is 360 g/mol. The minimum atomic E-state index is -3.68. The van der Waals surface area contributed by atoms with Crippen LogP contribution in [0.25, 0.3) is 0 Å². The van der Waals surface area contributed by atoms with Crippen molar-refractivity contribution < 1.29 is 13.2 Å². The summed E-state index contributed by atoms with van der Waals surface area (Å²) in [4.78, 5) is 14.3. The molecule has 0 aromatic carbocycles. The number of aryl methyl sites for hydroxylation is 1. The lowest BCUT2D eigenvalue weighted by molar-refractivity contribution is 0.0666. The summed E-state index contributed by atoms with van der Waals surface area (Å²) in [6.45, 7) is 1.48. The Bertz CT molecular complexity index is 628. The molecule has 1 atom stereocenters. The lowest BCUT2D eigenvalue weighted by atomic mass is 9.98. The molecule has 1 fully saturated rings. The Morgan fingerprint density at radius 3 is 2.86 bits per heavy atom. The van der Waals surface area contributed by atoms with E-state index in [1.54, 1.807) is 15.5 Å². The number of carbonyl (C=O) groups is 1. The van der Waals surface area contributed by atoms with Crippen molar-refractivity contribution in [1.29, 1.82) is 0 Å². The molecule has 0 radical (unpaired) electrons. The first-order chi connectivity index (χ1) is 9.76. The van der Waals surface area contributed by atoms with Gasteiger partial charge in [-0.2, -0.15) is 8.42 Å². The fourth-order valence-corrected chi connectivity index (χ4v) is 3.54. The molecule has 21 heavy (non-hydrogen) atoms. The standard InChI is InChI=1S/C12H19BrN4O3S/c1-16-8-10(13)5-11(16)12(18)17-4-2-3-9(7-17)6-15-21(14,19)20/h5,8-9,15H,2-4,6-7H2,1H3,(H2,14,19,20). The van der Waals surface area contributed by atoms with Gasteiger partial charge >= 0.3 is 0 Å². The molecule has 0 aliphatic carbocycles. The number of rotatable bonds is 4. The smallest absolute Gasteiger partial charge is 0.274 e. The molecule has 3 N–H and O–H groups in total. The minimum absolute atomic E-state index is 0.0384. The molecule has 1 unspecified atom stereocenters. The first-order valence-corrected chi connectivity index (χ1v) is 8.98. The Morgan fingerprint density at radius 1 is 1.57 bits per heavy atom. The number of halogens is 1. The zero-order valence-electron chi connectivity index (χ0n) is 11.8. The number of nitrogens with one attached hydrogen (secondary N) is 1. The normalized spacial score (nSPS) is 19.8. The van der Waals surface area contributed by atoms with Crippen LogP contribution in [0.4, 0.5) is 0 Å². The highest BCUT2D eigenvalue weighted by atomic mass is 79.9. The largest absolute Gasteiger partial charge is 0.345 e. The molecule has 0 saturated carbocycles. The minimum Gasteiger partial charge on any atom is -0.345 e. The molecule has 7 nitrogen and oxygen atoms in total. The maximum Gasteiger partial charge on any atom is 0.274 e. The maximum atomic E-state index is 12.5.